The molecule has 0 spiro atoms. The van der Waals surface area contributed by atoms with Gasteiger partial charge in [-0.25, -0.2) is 13.2 Å². The maximum absolute atomic E-state index is 14.6. The number of amidine groups is 1. The molecule has 0 aromatic heterocycles. The Morgan fingerprint density at radius 1 is 1.03 bits per heavy atom. The number of carbonyl (C=O) groups excluding carboxylic acids is 1. The quantitative estimate of drug-likeness (QED) is 0.241. The van der Waals surface area contributed by atoms with E-state index in [0.29, 0.717) is 16.7 Å². The fraction of sp³-hybridized carbons (Fsp3) is 0.231. The summed E-state index contributed by atoms with van der Waals surface area (Å²) in [6, 6.07) is 12.7. The number of benzene rings is 3. The average molecular weight is 538 g/mol. The molecular formula is C26H27ClF3N3O4. The molecule has 3 aromatic carbocycles. The molecule has 0 aliphatic carbocycles. The highest BCUT2D eigenvalue weighted by Crippen LogP contribution is 2.29. The number of hydrogen-bond acceptors (Lipinski definition) is 5. The second-order valence-electron chi connectivity index (χ2n) is 7.67. The molecule has 0 fully saturated rings. The molecule has 0 radical (unpaired) electrons. The Balaban J connectivity index is 0.00000481. The molecule has 37 heavy (non-hydrogen) atoms. The zero-order chi connectivity index (χ0) is 26.2. The van der Waals surface area contributed by atoms with Crippen LogP contribution in [0.5, 0.6) is 11.5 Å². The van der Waals surface area contributed by atoms with Gasteiger partial charge in [0.1, 0.15) is 41.4 Å². The summed E-state index contributed by atoms with van der Waals surface area (Å²) < 4.78 is 59.2. The Morgan fingerprint density at radius 3 is 2.30 bits per heavy atom. The zero-order valence-corrected chi connectivity index (χ0v) is 21.0. The number of halogens is 4. The highest BCUT2D eigenvalue weighted by atomic mass is 35.5. The van der Waals surface area contributed by atoms with Crippen molar-refractivity contribution in [2.45, 2.75) is 26.2 Å². The lowest BCUT2D eigenvalue weighted by Crippen LogP contribution is -2.32. The van der Waals surface area contributed by atoms with Gasteiger partial charge in [-0.05, 0) is 19.1 Å². The van der Waals surface area contributed by atoms with Crippen LogP contribution in [0.1, 0.15) is 35.3 Å². The summed E-state index contributed by atoms with van der Waals surface area (Å²) in [7, 11) is 1.27. The van der Waals surface area contributed by atoms with E-state index in [1.165, 1.54) is 19.2 Å². The SMILES string of the molecule is CCOC(C(=O)NCc1ccc(C(=N)N)cc1OCc1ccccc1F)c1c(F)cc(OC)cc1F.Cl. The minimum absolute atomic E-state index is 0. The van der Waals surface area contributed by atoms with Crippen LogP contribution in [0.4, 0.5) is 13.2 Å². The second-order valence-corrected chi connectivity index (χ2v) is 7.67. The Hall–Kier alpha value is -3.76. The lowest BCUT2D eigenvalue weighted by molar-refractivity contribution is -0.133. The third-order valence-corrected chi connectivity index (χ3v) is 5.29. The van der Waals surface area contributed by atoms with E-state index in [0.717, 1.165) is 12.1 Å². The van der Waals surface area contributed by atoms with Crippen molar-refractivity contribution in [3.05, 3.63) is 94.3 Å². The van der Waals surface area contributed by atoms with E-state index in [-0.39, 0.29) is 49.5 Å². The molecule has 1 atom stereocenters. The van der Waals surface area contributed by atoms with Crippen LogP contribution in [-0.2, 0) is 22.7 Å². The third kappa shape index (κ3) is 7.37. The average Bonchev–Trinajstić information content (AvgIpc) is 2.85. The molecule has 0 aliphatic heterocycles. The normalized spacial score (nSPS) is 11.3. The molecule has 7 nitrogen and oxygen atoms in total. The second kappa shape index (κ2) is 13.5. The monoisotopic (exact) mass is 537 g/mol. The number of hydrogen-bond donors (Lipinski definition) is 3. The van der Waals surface area contributed by atoms with Gasteiger partial charge in [-0.2, -0.15) is 0 Å². The fourth-order valence-electron chi connectivity index (χ4n) is 3.43. The minimum atomic E-state index is -1.56. The van der Waals surface area contributed by atoms with Crippen LogP contribution in [0.25, 0.3) is 0 Å². The van der Waals surface area contributed by atoms with Gasteiger partial charge in [0.15, 0.2) is 6.10 Å². The maximum atomic E-state index is 14.6. The van der Waals surface area contributed by atoms with E-state index in [4.69, 9.17) is 25.4 Å². The Labute approximate surface area is 218 Å². The van der Waals surface area contributed by atoms with Gasteiger partial charge in [0.05, 0.1) is 12.7 Å². The van der Waals surface area contributed by atoms with Crippen LogP contribution in [0, 0.1) is 22.9 Å². The molecule has 1 unspecified atom stereocenters. The smallest absolute Gasteiger partial charge is 0.254 e. The first-order valence-electron chi connectivity index (χ1n) is 11.0. The molecule has 11 heteroatoms. The summed E-state index contributed by atoms with van der Waals surface area (Å²) in [5.41, 5.74) is 6.17. The summed E-state index contributed by atoms with van der Waals surface area (Å²) >= 11 is 0. The van der Waals surface area contributed by atoms with Crippen LogP contribution >= 0.6 is 12.4 Å². The Kier molecular flexibility index (Phi) is 10.8. The Bertz CT molecular complexity index is 1240. The number of methoxy groups -OCH3 is 1. The number of nitrogens with two attached hydrogens (primary N) is 1. The van der Waals surface area contributed by atoms with Crippen molar-refractivity contribution >= 4 is 24.1 Å². The highest BCUT2D eigenvalue weighted by molar-refractivity contribution is 5.95. The van der Waals surface area contributed by atoms with Crippen molar-refractivity contribution in [2.75, 3.05) is 13.7 Å². The van der Waals surface area contributed by atoms with E-state index in [1.54, 1.807) is 37.3 Å². The maximum Gasteiger partial charge on any atom is 0.254 e. The van der Waals surface area contributed by atoms with Crippen molar-refractivity contribution in [2.24, 2.45) is 5.73 Å². The number of ether oxygens (including phenoxy) is 3. The highest BCUT2D eigenvalue weighted by Gasteiger charge is 2.28. The summed E-state index contributed by atoms with van der Waals surface area (Å²) in [5, 5.41) is 10.3. The molecular weight excluding hydrogens is 511 g/mol. The molecule has 0 saturated carbocycles. The predicted octanol–water partition coefficient (Wildman–Crippen LogP) is 4.79. The van der Waals surface area contributed by atoms with Crippen LogP contribution in [-0.4, -0.2) is 25.5 Å². The topological polar surface area (TPSA) is 107 Å². The van der Waals surface area contributed by atoms with Gasteiger partial charge in [-0.3, -0.25) is 10.2 Å². The van der Waals surface area contributed by atoms with Gasteiger partial charge >= 0.3 is 0 Å². The predicted molar refractivity (Wildman–Crippen MR) is 135 cm³/mol. The first kappa shape index (κ1) is 29.5. The van der Waals surface area contributed by atoms with E-state index in [2.05, 4.69) is 5.32 Å². The molecule has 1 amide bonds. The van der Waals surface area contributed by atoms with Crippen molar-refractivity contribution < 1.29 is 32.2 Å². The number of nitrogens with one attached hydrogen (secondary N) is 2. The van der Waals surface area contributed by atoms with Crippen molar-refractivity contribution in [1.29, 1.82) is 5.41 Å². The van der Waals surface area contributed by atoms with Crippen LogP contribution in [0.3, 0.4) is 0 Å². The zero-order valence-electron chi connectivity index (χ0n) is 20.1. The van der Waals surface area contributed by atoms with Gasteiger partial charge in [-0.15, -0.1) is 12.4 Å². The molecule has 198 valence electrons. The number of nitrogen functional groups attached to an aromatic ring is 1. The van der Waals surface area contributed by atoms with Gasteiger partial charge in [0.2, 0.25) is 0 Å². The van der Waals surface area contributed by atoms with Crippen molar-refractivity contribution in [1.82, 2.24) is 5.32 Å². The summed E-state index contributed by atoms with van der Waals surface area (Å²) in [4.78, 5) is 12.9. The van der Waals surface area contributed by atoms with Crippen molar-refractivity contribution in [3.63, 3.8) is 0 Å². The van der Waals surface area contributed by atoms with Crippen LogP contribution in [0.15, 0.2) is 54.6 Å². The van der Waals surface area contributed by atoms with Crippen LogP contribution < -0.4 is 20.5 Å². The fourth-order valence-corrected chi connectivity index (χ4v) is 3.43. The number of amides is 1. The summed E-state index contributed by atoms with van der Waals surface area (Å²) in [5.74, 6) is -3.19. The molecule has 0 bridgehead atoms. The minimum Gasteiger partial charge on any atom is -0.497 e. The first-order chi connectivity index (χ1) is 17.2. The molecule has 0 saturated heterocycles. The first-order valence-corrected chi connectivity index (χ1v) is 11.0. The number of carbonyl (C=O) groups is 1. The summed E-state index contributed by atoms with van der Waals surface area (Å²) in [6.45, 7) is 1.40. The van der Waals surface area contributed by atoms with Gasteiger partial charge < -0.3 is 25.3 Å². The van der Waals surface area contributed by atoms with E-state index >= 15 is 0 Å². The molecule has 0 aliphatic rings. The molecule has 0 heterocycles. The van der Waals surface area contributed by atoms with Gasteiger partial charge in [0, 0.05) is 42.0 Å². The third-order valence-electron chi connectivity index (χ3n) is 5.29. The van der Waals surface area contributed by atoms with E-state index in [1.807, 2.05) is 0 Å². The molecule has 3 rings (SSSR count). The standard InChI is InChI=1S/C26H26F3N3O4.ClH/c1-3-35-24(23-20(28)11-18(34-2)12-21(23)29)26(33)32-13-16-9-8-15(25(30)31)10-22(16)36-14-17-6-4-5-7-19(17)27;/h4-12,24H,3,13-14H2,1-2H3,(H3,30,31)(H,32,33);1H. The number of rotatable bonds is 11. The van der Waals surface area contributed by atoms with Gasteiger partial charge in [-0.1, -0.05) is 30.3 Å². The Morgan fingerprint density at radius 2 is 1.70 bits per heavy atom. The van der Waals surface area contributed by atoms with Gasteiger partial charge in [0.25, 0.3) is 5.91 Å². The van der Waals surface area contributed by atoms with Crippen molar-refractivity contribution in [3.8, 4) is 11.5 Å². The molecule has 4 N–H and O–H groups in total. The lowest BCUT2D eigenvalue weighted by Gasteiger charge is -2.20. The summed E-state index contributed by atoms with van der Waals surface area (Å²) in [6.07, 6.45) is -1.56. The largest absolute Gasteiger partial charge is 0.497 e. The lowest BCUT2D eigenvalue weighted by atomic mass is 10.1. The van der Waals surface area contributed by atoms with E-state index in [9.17, 15) is 18.0 Å². The molecule has 3 aromatic rings. The van der Waals surface area contributed by atoms with E-state index < -0.39 is 35.0 Å². The van der Waals surface area contributed by atoms with Crippen LogP contribution in [0.2, 0.25) is 0 Å².